The second kappa shape index (κ2) is 6.81. The molecule has 0 bridgehead atoms. The largest absolute Gasteiger partial charge is 0.358 e. The van der Waals surface area contributed by atoms with Gasteiger partial charge in [0.25, 0.3) is 0 Å². The van der Waals surface area contributed by atoms with Gasteiger partial charge in [-0.1, -0.05) is 19.0 Å². The average Bonchev–Trinajstić information content (AvgIpc) is 2.85. The van der Waals surface area contributed by atoms with Crippen LogP contribution in [0.3, 0.4) is 0 Å². The van der Waals surface area contributed by atoms with Gasteiger partial charge in [0.15, 0.2) is 5.82 Å². The minimum atomic E-state index is -0.186. The molecule has 2 heterocycles. The van der Waals surface area contributed by atoms with Crippen LogP contribution in [-0.2, 0) is 17.8 Å². The van der Waals surface area contributed by atoms with Gasteiger partial charge in [0.05, 0.1) is 6.54 Å². The Morgan fingerprint density at radius 2 is 2.40 bits per heavy atom. The standard InChI is InChI=1S/C13H23N5O2/c1-9(2)6-11-16-12(20-17-11)8-18-5-4-15-7-10(18)13(19)14-3/h9-10,15H,4-8H2,1-3H3,(H,14,19). The summed E-state index contributed by atoms with van der Waals surface area (Å²) in [6, 6.07) is -0.186. The maximum atomic E-state index is 11.9. The van der Waals surface area contributed by atoms with Gasteiger partial charge in [-0.25, -0.2) is 0 Å². The van der Waals surface area contributed by atoms with Gasteiger partial charge in [0.2, 0.25) is 11.8 Å². The summed E-state index contributed by atoms with van der Waals surface area (Å²) in [4.78, 5) is 18.3. The van der Waals surface area contributed by atoms with E-state index in [2.05, 4.69) is 39.5 Å². The number of rotatable bonds is 5. The van der Waals surface area contributed by atoms with Crippen molar-refractivity contribution in [3.63, 3.8) is 0 Å². The van der Waals surface area contributed by atoms with Gasteiger partial charge in [-0.05, 0) is 5.92 Å². The maximum absolute atomic E-state index is 11.9. The zero-order chi connectivity index (χ0) is 14.5. The molecule has 1 amide bonds. The molecular formula is C13H23N5O2. The molecule has 1 fully saturated rings. The van der Waals surface area contributed by atoms with E-state index in [4.69, 9.17) is 4.52 Å². The van der Waals surface area contributed by atoms with E-state index in [1.54, 1.807) is 7.05 Å². The molecule has 0 aliphatic carbocycles. The summed E-state index contributed by atoms with van der Waals surface area (Å²) in [7, 11) is 1.66. The Labute approximate surface area is 119 Å². The molecule has 20 heavy (non-hydrogen) atoms. The molecule has 1 aromatic rings. The first-order valence-corrected chi connectivity index (χ1v) is 7.08. The fourth-order valence-electron chi connectivity index (χ4n) is 2.34. The van der Waals surface area contributed by atoms with Crippen LogP contribution in [0, 0.1) is 5.92 Å². The number of aromatic nitrogens is 2. The molecule has 0 radical (unpaired) electrons. The van der Waals surface area contributed by atoms with Crippen LogP contribution in [-0.4, -0.2) is 53.7 Å². The molecule has 1 atom stereocenters. The minimum absolute atomic E-state index is 0.0131. The van der Waals surface area contributed by atoms with Crippen molar-refractivity contribution in [2.75, 3.05) is 26.7 Å². The summed E-state index contributed by atoms with van der Waals surface area (Å²) < 4.78 is 5.28. The number of hydrogen-bond donors (Lipinski definition) is 2. The Balaban J connectivity index is 1.99. The van der Waals surface area contributed by atoms with Gasteiger partial charge in [0, 0.05) is 33.1 Å². The predicted octanol–water partition coefficient (Wildman–Crippen LogP) is -0.212. The van der Waals surface area contributed by atoms with Crippen molar-refractivity contribution < 1.29 is 9.32 Å². The van der Waals surface area contributed by atoms with Gasteiger partial charge in [-0.2, -0.15) is 4.98 Å². The van der Waals surface area contributed by atoms with Crippen LogP contribution >= 0.6 is 0 Å². The Morgan fingerprint density at radius 1 is 1.60 bits per heavy atom. The van der Waals surface area contributed by atoms with Crippen LogP contribution in [0.15, 0.2) is 4.52 Å². The van der Waals surface area contributed by atoms with Crippen molar-refractivity contribution in [3.05, 3.63) is 11.7 Å². The summed E-state index contributed by atoms with van der Waals surface area (Å²) in [5.41, 5.74) is 0. The van der Waals surface area contributed by atoms with Gasteiger partial charge >= 0.3 is 0 Å². The Hall–Kier alpha value is -1.47. The fourth-order valence-corrected chi connectivity index (χ4v) is 2.34. The molecule has 0 aromatic carbocycles. The lowest BCUT2D eigenvalue weighted by molar-refractivity contribution is -0.126. The van der Waals surface area contributed by atoms with Crippen LogP contribution in [0.25, 0.3) is 0 Å². The van der Waals surface area contributed by atoms with Crippen molar-refractivity contribution in [1.29, 1.82) is 0 Å². The Bertz CT molecular complexity index is 446. The Kier molecular flexibility index (Phi) is 5.08. The molecule has 0 spiro atoms. The second-order valence-corrected chi connectivity index (χ2v) is 5.51. The van der Waals surface area contributed by atoms with Crippen LogP contribution in [0.1, 0.15) is 25.6 Å². The van der Waals surface area contributed by atoms with Crippen LogP contribution in [0.5, 0.6) is 0 Å². The quantitative estimate of drug-likeness (QED) is 0.777. The summed E-state index contributed by atoms with van der Waals surface area (Å²) >= 11 is 0. The number of likely N-dealkylation sites (N-methyl/N-ethyl adjacent to an activating group) is 1. The normalized spacial score (nSPS) is 20.3. The highest BCUT2D eigenvalue weighted by molar-refractivity contribution is 5.81. The molecule has 1 aliphatic rings. The first-order chi connectivity index (χ1) is 9.60. The molecule has 1 aromatic heterocycles. The van der Waals surface area contributed by atoms with E-state index in [-0.39, 0.29) is 11.9 Å². The summed E-state index contributed by atoms with van der Waals surface area (Å²) in [5, 5.41) is 9.91. The molecule has 1 saturated heterocycles. The molecule has 2 rings (SSSR count). The lowest BCUT2D eigenvalue weighted by Crippen LogP contribution is -2.56. The number of piperazine rings is 1. The average molecular weight is 281 g/mol. The third-order valence-electron chi connectivity index (χ3n) is 3.34. The van der Waals surface area contributed by atoms with E-state index in [0.29, 0.717) is 24.9 Å². The first-order valence-electron chi connectivity index (χ1n) is 7.08. The molecule has 1 aliphatic heterocycles. The summed E-state index contributed by atoms with van der Waals surface area (Å²) in [6.45, 7) is 7.06. The number of hydrogen-bond acceptors (Lipinski definition) is 6. The molecule has 7 heteroatoms. The van der Waals surface area contributed by atoms with Gasteiger partial charge in [-0.15, -0.1) is 0 Å². The van der Waals surface area contributed by atoms with Gasteiger partial charge in [0.1, 0.15) is 6.04 Å². The number of nitrogens with one attached hydrogen (secondary N) is 2. The summed E-state index contributed by atoms with van der Waals surface area (Å²) in [5.74, 6) is 1.83. The van der Waals surface area contributed by atoms with Crippen LogP contribution in [0.2, 0.25) is 0 Å². The van der Waals surface area contributed by atoms with Crippen molar-refractivity contribution in [3.8, 4) is 0 Å². The highest BCUT2D eigenvalue weighted by Gasteiger charge is 2.29. The zero-order valence-corrected chi connectivity index (χ0v) is 12.3. The third-order valence-corrected chi connectivity index (χ3v) is 3.34. The second-order valence-electron chi connectivity index (χ2n) is 5.51. The van der Waals surface area contributed by atoms with E-state index in [0.717, 1.165) is 25.3 Å². The number of nitrogens with zero attached hydrogens (tertiary/aromatic N) is 3. The van der Waals surface area contributed by atoms with Crippen molar-refractivity contribution >= 4 is 5.91 Å². The van der Waals surface area contributed by atoms with E-state index in [1.165, 1.54) is 0 Å². The van der Waals surface area contributed by atoms with Crippen molar-refractivity contribution in [2.45, 2.75) is 32.9 Å². The lowest BCUT2D eigenvalue weighted by atomic mass is 10.1. The molecule has 0 saturated carbocycles. The molecule has 1 unspecified atom stereocenters. The third kappa shape index (κ3) is 3.77. The topological polar surface area (TPSA) is 83.3 Å². The summed E-state index contributed by atoms with van der Waals surface area (Å²) in [6.07, 6.45) is 0.809. The van der Waals surface area contributed by atoms with Crippen LogP contribution in [0.4, 0.5) is 0 Å². The van der Waals surface area contributed by atoms with Crippen molar-refractivity contribution in [1.82, 2.24) is 25.7 Å². The molecule has 7 nitrogen and oxygen atoms in total. The Morgan fingerprint density at radius 3 is 3.10 bits per heavy atom. The SMILES string of the molecule is CNC(=O)C1CNCCN1Cc1nc(CC(C)C)no1. The molecular weight excluding hydrogens is 258 g/mol. The van der Waals surface area contributed by atoms with Crippen LogP contribution < -0.4 is 10.6 Å². The highest BCUT2D eigenvalue weighted by Crippen LogP contribution is 2.11. The minimum Gasteiger partial charge on any atom is -0.358 e. The van der Waals surface area contributed by atoms with E-state index >= 15 is 0 Å². The van der Waals surface area contributed by atoms with Gasteiger partial charge < -0.3 is 15.2 Å². The zero-order valence-electron chi connectivity index (χ0n) is 12.3. The number of carbonyl (C=O) groups excluding carboxylic acids is 1. The smallest absolute Gasteiger partial charge is 0.240 e. The van der Waals surface area contributed by atoms with E-state index in [9.17, 15) is 4.79 Å². The van der Waals surface area contributed by atoms with Crippen molar-refractivity contribution in [2.24, 2.45) is 5.92 Å². The van der Waals surface area contributed by atoms with Gasteiger partial charge in [-0.3, -0.25) is 9.69 Å². The maximum Gasteiger partial charge on any atom is 0.240 e. The monoisotopic (exact) mass is 281 g/mol. The highest BCUT2D eigenvalue weighted by atomic mass is 16.5. The molecule has 2 N–H and O–H groups in total. The number of carbonyl (C=O) groups is 1. The number of amides is 1. The van der Waals surface area contributed by atoms with E-state index < -0.39 is 0 Å². The fraction of sp³-hybridized carbons (Fsp3) is 0.769. The molecule has 112 valence electrons. The van der Waals surface area contributed by atoms with E-state index in [1.807, 2.05) is 0 Å². The predicted molar refractivity (Wildman–Crippen MR) is 74.0 cm³/mol. The first kappa shape index (κ1) is 14.9. The lowest BCUT2D eigenvalue weighted by Gasteiger charge is -2.33.